The second-order valence-electron chi connectivity index (χ2n) is 1.95. The molecule has 0 aliphatic carbocycles. The summed E-state index contributed by atoms with van der Waals surface area (Å²) in [6.45, 7) is 0. The van der Waals surface area contributed by atoms with Gasteiger partial charge in [-0.25, -0.2) is 0 Å². The van der Waals surface area contributed by atoms with Gasteiger partial charge in [-0.15, -0.1) is 0 Å². The van der Waals surface area contributed by atoms with Crippen molar-refractivity contribution >= 4 is 0 Å². The van der Waals surface area contributed by atoms with Crippen LogP contribution in [0.3, 0.4) is 0 Å². The second kappa shape index (κ2) is 1.31. The fraction of sp³-hybridized carbons (Fsp3) is 1.00. The van der Waals surface area contributed by atoms with E-state index in [2.05, 4.69) is 3.66 Å². The van der Waals surface area contributed by atoms with Crippen molar-refractivity contribution in [3.8, 4) is 0 Å². The minimum absolute atomic E-state index is 1.11. The van der Waals surface area contributed by atoms with Gasteiger partial charge in [0.05, 0.1) is 0 Å². The van der Waals surface area contributed by atoms with Crippen LogP contribution in [0.5, 0.6) is 0 Å². The van der Waals surface area contributed by atoms with E-state index in [9.17, 15) is 7.35 Å². The molecule has 0 spiro atoms. The van der Waals surface area contributed by atoms with E-state index in [1.807, 2.05) is 0 Å². The van der Waals surface area contributed by atoms with Gasteiger partial charge in [0.25, 0.3) is 0 Å². The predicted octanol–water partition coefficient (Wildman–Crippen LogP) is 1.02. The van der Waals surface area contributed by atoms with Crippen LogP contribution in [0.15, 0.2) is 0 Å². The fourth-order valence-electron chi connectivity index (χ4n) is 0. The predicted molar refractivity (Wildman–Crippen MR) is 20.1 cm³/mol. The molecule has 0 aromatic heterocycles. The molecular formula is C3H9O3V. The van der Waals surface area contributed by atoms with Crippen LogP contribution in [-0.4, -0.2) is 7.11 Å². The summed E-state index contributed by atoms with van der Waals surface area (Å²) in [5.74, 6) is 0. The zero-order valence-corrected chi connectivity index (χ0v) is 6.07. The molecule has 0 aromatic carbocycles. The Bertz CT molecular complexity index is 162. The zero-order chi connectivity index (χ0) is 6.15. The molecule has 0 unspecified atom stereocenters. The molecule has 0 bridgehead atoms. The van der Waals surface area contributed by atoms with Crippen LogP contribution >= 0.6 is 0 Å². The minimum atomic E-state index is -4.53. The average Bonchev–Trinajstić information content (AvgIpc) is 1.32. The molecule has 0 aliphatic heterocycles. The van der Waals surface area contributed by atoms with Crippen molar-refractivity contribution in [2.75, 3.05) is 7.11 Å². The van der Waals surface area contributed by atoms with E-state index in [4.69, 9.17) is 0 Å². The Morgan fingerprint density at radius 1 is 1.29 bits per heavy atom. The molecule has 0 N–H and O–H groups in total. The van der Waals surface area contributed by atoms with Crippen LogP contribution in [-0.2, 0) is 24.1 Å². The second-order valence-corrected chi connectivity index (χ2v) is 8.04. The summed E-state index contributed by atoms with van der Waals surface area (Å²) in [6.07, 6.45) is 0. The van der Waals surface area contributed by atoms with Crippen molar-refractivity contribution < 1.29 is 24.1 Å². The molecule has 3 nitrogen and oxygen atoms in total. The van der Waals surface area contributed by atoms with Crippen LogP contribution in [0.25, 0.3) is 0 Å². The first-order valence-electron chi connectivity index (χ1n) is 1.85. The molecule has 0 radical (unpaired) electrons. The van der Waals surface area contributed by atoms with Crippen LogP contribution in [0.4, 0.5) is 0 Å². The molecule has 0 fully saturated rings. The standard InChI is InChI=1S/CH3O.2CH3.2O.V/c1-2;;;;;/h1H3;2*1H3;;;/q-1;;;;;+1. The Balaban J connectivity index is 4.51. The number of hydrogen-bond acceptors (Lipinski definition) is 3. The van der Waals surface area contributed by atoms with Gasteiger partial charge in [-0.3, -0.25) is 0 Å². The third-order valence-electron chi connectivity index (χ3n) is 0.514. The Morgan fingerprint density at radius 2 is 1.43 bits per heavy atom. The molecule has 7 heavy (non-hydrogen) atoms. The van der Waals surface area contributed by atoms with Crippen molar-refractivity contribution in [1.29, 1.82) is 0 Å². The average molecular weight is 144 g/mol. The first-order valence-corrected chi connectivity index (χ1v) is 6.35. The first kappa shape index (κ1) is 7.14. The van der Waals surface area contributed by atoms with Crippen molar-refractivity contribution in [3.05, 3.63) is 0 Å². The van der Waals surface area contributed by atoms with Crippen LogP contribution in [0, 0.1) is 0 Å². The molecule has 4 heteroatoms. The van der Waals surface area contributed by atoms with Gasteiger partial charge >= 0.3 is 42.5 Å². The fourth-order valence-corrected chi connectivity index (χ4v) is 0. The summed E-state index contributed by atoms with van der Waals surface area (Å²) in [6, 6.07) is 0. The third-order valence-corrected chi connectivity index (χ3v) is 2.12. The van der Waals surface area contributed by atoms with Gasteiger partial charge < -0.3 is 0 Å². The maximum atomic E-state index is 10.4. The van der Waals surface area contributed by atoms with Crippen molar-refractivity contribution in [1.82, 2.24) is 0 Å². The molecule has 44 valence electrons. The quantitative estimate of drug-likeness (QED) is 0.551. The third kappa shape index (κ3) is 6.14. The Hall–Kier alpha value is 0.144. The Labute approximate surface area is 43.2 Å². The van der Waals surface area contributed by atoms with E-state index in [0.717, 1.165) is 11.3 Å². The van der Waals surface area contributed by atoms with Gasteiger partial charge in [-0.2, -0.15) is 0 Å². The van der Waals surface area contributed by atoms with Gasteiger partial charge in [0, 0.05) is 0 Å². The maximum absolute atomic E-state index is 10.4. The molecule has 0 heterocycles. The van der Waals surface area contributed by atoms with Gasteiger partial charge in [-0.1, -0.05) is 0 Å². The topological polar surface area (TPSA) is 43.4 Å². The van der Waals surface area contributed by atoms with Gasteiger partial charge in [-0.05, 0) is 0 Å². The summed E-state index contributed by atoms with van der Waals surface area (Å²) >= 11 is -4.53. The SMILES string of the molecule is C[O][V]([CH3])([CH3])(=[O])=[O]. The van der Waals surface area contributed by atoms with Crippen LogP contribution in [0.1, 0.15) is 0 Å². The summed E-state index contributed by atoms with van der Waals surface area (Å²) < 4.78 is 25.1. The van der Waals surface area contributed by atoms with Gasteiger partial charge in [0.15, 0.2) is 0 Å². The number of hydrogen-bond donors (Lipinski definition) is 0. The summed E-state index contributed by atoms with van der Waals surface area (Å²) in [7, 11) is 1.17. The zero-order valence-electron chi connectivity index (χ0n) is 4.67. The Kier molecular flexibility index (Phi) is 1.34. The summed E-state index contributed by atoms with van der Waals surface area (Å²) in [5, 5.41) is 0. The molecule has 0 saturated carbocycles. The van der Waals surface area contributed by atoms with Crippen LogP contribution in [0.2, 0.25) is 11.3 Å². The molecule has 0 saturated heterocycles. The van der Waals surface area contributed by atoms with Gasteiger partial charge in [0.1, 0.15) is 0 Å². The van der Waals surface area contributed by atoms with Crippen molar-refractivity contribution in [3.63, 3.8) is 0 Å². The van der Waals surface area contributed by atoms with E-state index in [-0.39, 0.29) is 0 Å². The van der Waals surface area contributed by atoms with E-state index in [1.165, 1.54) is 7.11 Å². The monoisotopic (exact) mass is 144 g/mol. The molecule has 0 aliphatic rings. The first-order chi connectivity index (χ1) is 2.81. The van der Waals surface area contributed by atoms with Crippen molar-refractivity contribution in [2.45, 2.75) is 11.3 Å². The summed E-state index contributed by atoms with van der Waals surface area (Å²) in [4.78, 5) is 0. The van der Waals surface area contributed by atoms with Crippen molar-refractivity contribution in [2.24, 2.45) is 0 Å². The Morgan fingerprint density at radius 3 is 1.43 bits per heavy atom. The normalized spacial score (nSPS) is 14.3. The van der Waals surface area contributed by atoms with Crippen LogP contribution < -0.4 is 0 Å². The molecule has 0 atom stereocenters. The molecule has 0 rings (SSSR count). The molecule has 0 amide bonds. The molecular weight excluding hydrogens is 135 g/mol. The van der Waals surface area contributed by atoms with E-state index >= 15 is 0 Å². The van der Waals surface area contributed by atoms with E-state index in [1.54, 1.807) is 0 Å². The number of rotatable bonds is 1. The molecule has 0 aromatic rings. The van der Waals surface area contributed by atoms with E-state index in [0.29, 0.717) is 0 Å². The van der Waals surface area contributed by atoms with Gasteiger partial charge in [0.2, 0.25) is 0 Å². The summed E-state index contributed by atoms with van der Waals surface area (Å²) in [5.41, 5.74) is 2.22. The van der Waals surface area contributed by atoms with E-state index < -0.39 is 13.1 Å².